The molecule has 0 spiro atoms. The molecule has 0 fully saturated rings. The number of rotatable bonds is 3. The second-order valence-corrected chi connectivity index (χ2v) is 5.10. The Morgan fingerprint density at radius 3 is 2.62 bits per heavy atom. The van der Waals surface area contributed by atoms with Crippen LogP contribution in [0.3, 0.4) is 0 Å². The predicted octanol–water partition coefficient (Wildman–Crippen LogP) is 3.49. The SMILES string of the molecule is O=C1CCCc2nc(NCc3cc(F)cc(F)c3)ccc21. The Labute approximate surface area is 121 Å². The van der Waals surface area contributed by atoms with E-state index >= 15 is 0 Å². The molecule has 0 aliphatic heterocycles. The number of benzene rings is 1. The summed E-state index contributed by atoms with van der Waals surface area (Å²) in [6, 6.07) is 6.87. The van der Waals surface area contributed by atoms with Crippen molar-refractivity contribution in [3.05, 3.63) is 58.8 Å². The Morgan fingerprint density at radius 1 is 1.10 bits per heavy atom. The minimum absolute atomic E-state index is 0.127. The van der Waals surface area contributed by atoms with Crippen molar-refractivity contribution in [1.29, 1.82) is 0 Å². The minimum Gasteiger partial charge on any atom is -0.366 e. The van der Waals surface area contributed by atoms with E-state index in [1.165, 1.54) is 12.1 Å². The van der Waals surface area contributed by atoms with Crippen molar-refractivity contribution in [3.63, 3.8) is 0 Å². The van der Waals surface area contributed by atoms with Crippen LogP contribution in [-0.4, -0.2) is 10.8 Å². The number of carbonyl (C=O) groups is 1. The fraction of sp³-hybridized carbons (Fsp3) is 0.250. The molecular weight excluding hydrogens is 274 g/mol. The molecule has 1 aromatic heterocycles. The first-order valence-corrected chi connectivity index (χ1v) is 6.84. The van der Waals surface area contributed by atoms with E-state index in [2.05, 4.69) is 10.3 Å². The maximum atomic E-state index is 13.1. The van der Waals surface area contributed by atoms with Crippen LogP contribution in [0.4, 0.5) is 14.6 Å². The number of ketones is 1. The van der Waals surface area contributed by atoms with Crippen molar-refractivity contribution in [2.75, 3.05) is 5.32 Å². The normalized spacial score (nSPS) is 13.9. The van der Waals surface area contributed by atoms with Crippen molar-refractivity contribution in [1.82, 2.24) is 4.98 Å². The summed E-state index contributed by atoms with van der Waals surface area (Å²) in [6.07, 6.45) is 2.17. The second kappa shape index (κ2) is 5.60. The number of fused-ring (bicyclic) bond motifs is 1. The lowest BCUT2D eigenvalue weighted by Crippen LogP contribution is -2.13. The molecule has 21 heavy (non-hydrogen) atoms. The van der Waals surface area contributed by atoms with E-state index in [1.54, 1.807) is 12.1 Å². The minimum atomic E-state index is -0.601. The first kappa shape index (κ1) is 13.7. The Morgan fingerprint density at radius 2 is 1.86 bits per heavy atom. The van der Waals surface area contributed by atoms with Crippen LogP contribution in [0.2, 0.25) is 0 Å². The maximum absolute atomic E-state index is 13.1. The van der Waals surface area contributed by atoms with Gasteiger partial charge in [-0.1, -0.05) is 0 Å². The van der Waals surface area contributed by atoms with E-state index in [1.807, 2.05) is 0 Å². The van der Waals surface area contributed by atoms with Crippen LogP contribution in [-0.2, 0) is 13.0 Å². The smallest absolute Gasteiger partial charge is 0.164 e. The molecule has 0 radical (unpaired) electrons. The lowest BCUT2D eigenvalue weighted by molar-refractivity contribution is 0.0971. The molecule has 3 nitrogen and oxygen atoms in total. The first-order valence-electron chi connectivity index (χ1n) is 6.84. The molecule has 0 amide bonds. The first-order chi connectivity index (χ1) is 10.1. The average Bonchev–Trinajstić information content (AvgIpc) is 2.44. The standard InChI is InChI=1S/C16H14F2N2O/c17-11-6-10(7-12(18)8-11)9-19-16-5-4-13-14(20-16)2-1-3-15(13)21/h4-8H,1-3,9H2,(H,19,20). The van der Waals surface area contributed by atoms with Gasteiger partial charge in [0.15, 0.2) is 5.78 Å². The summed E-state index contributed by atoms with van der Waals surface area (Å²) in [5.74, 6) is -0.470. The summed E-state index contributed by atoms with van der Waals surface area (Å²) in [5, 5.41) is 3.02. The number of aryl methyl sites for hydroxylation is 1. The number of halogens is 2. The van der Waals surface area contributed by atoms with Gasteiger partial charge in [-0.05, 0) is 42.7 Å². The quantitative estimate of drug-likeness (QED) is 0.940. The molecule has 0 saturated carbocycles. The Bertz CT molecular complexity index is 680. The third-order valence-corrected chi connectivity index (χ3v) is 3.49. The second-order valence-electron chi connectivity index (χ2n) is 5.10. The van der Waals surface area contributed by atoms with Crippen LogP contribution < -0.4 is 5.32 Å². The van der Waals surface area contributed by atoms with E-state index in [9.17, 15) is 13.6 Å². The van der Waals surface area contributed by atoms with E-state index in [-0.39, 0.29) is 12.3 Å². The zero-order valence-corrected chi connectivity index (χ0v) is 11.3. The highest BCUT2D eigenvalue weighted by Crippen LogP contribution is 2.21. The molecule has 1 aliphatic carbocycles. The number of nitrogens with one attached hydrogen (secondary N) is 1. The fourth-order valence-electron chi connectivity index (χ4n) is 2.50. The van der Waals surface area contributed by atoms with Gasteiger partial charge in [0.2, 0.25) is 0 Å². The number of pyridine rings is 1. The zero-order chi connectivity index (χ0) is 14.8. The van der Waals surface area contributed by atoms with Crippen molar-refractivity contribution in [2.24, 2.45) is 0 Å². The molecule has 0 bridgehead atoms. The van der Waals surface area contributed by atoms with Gasteiger partial charge in [0.1, 0.15) is 17.5 Å². The van der Waals surface area contributed by atoms with Gasteiger partial charge >= 0.3 is 0 Å². The monoisotopic (exact) mass is 288 g/mol. The van der Waals surface area contributed by atoms with Crippen molar-refractivity contribution >= 4 is 11.6 Å². The number of nitrogens with zero attached hydrogens (tertiary/aromatic N) is 1. The fourth-order valence-corrected chi connectivity index (χ4v) is 2.50. The number of carbonyl (C=O) groups excluding carboxylic acids is 1. The molecule has 5 heteroatoms. The maximum Gasteiger partial charge on any atom is 0.164 e. The van der Waals surface area contributed by atoms with Gasteiger partial charge in [0.25, 0.3) is 0 Å². The van der Waals surface area contributed by atoms with Crippen molar-refractivity contribution in [3.8, 4) is 0 Å². The van der Waals surface area contributed by atoms with Gasteiger partial charge in [0.05, 0.1) is 5.69 Å². The summed E-state index contributed by atoms with van der Waals surface area (Å²) in [4.78, 5) is 16.1. The molecule has 2 aromatic rings. The van der Waals surface area contributed by atoms with Crippen molar-refractivity contribution in [2.45, 2.75) is 25.8 Å². The Balaban J connectivity index is 1.75. The summed E-state index contributed by atoms with van der Waals surface area (Å²) in [7, 11) is 0. The molecular formula is C16H14F2N2O. The van der Waals surface area contributed by atoms with E-state index < -0.39 is 11.6 Å². The largest absolute Gasteiger partial charge is 0.366 e. The zero-order valence-electron chi connectivity index (χ0n) is 11.3. The lowest BCUT2D eigenvalue weighted by atomic mass is 9.95. The molecule has 0 atom stereocenters. The van der Waals surface area contributed by atoms with Crippen LogP contribution >= 0.6 is 0 Å². The number of Topliss-reactive ketones (excluding diaryl/α,β-unsaturated/α-hetero) is 1. The summed E-state index contributed by atoms with van der Waals surface area (Å²) in [5.41, 5.74) is 1.98. The highest BCUT2D eigenvalue weighted by atomic mass is 19.1. The van der Waals surface area contributed by atoms with E-state index in [0.29, 0.717) is 23.4 Å². The third-order valence-electron chi connectivity index (χ3n) is 3.49. The van der Waals surface area contributed by atoms with Crippen LogP contribution in [0.15, 0.2) is 30.3 Å². The number of anilines is 1. The summed E-state index contributed by atoms with van der Waals surface area (Å²) < 4.78 is 26.2. The van der Waals surface area contributed by atoms with Gasteiger partial charge in [-0.25, -0.2) is 13.8 Å². The van der Waals surface area contributed by atoms with Crippen LogP contribution in [0.25, 0.3) is 0 Å². The van der Waals surface area contributed by atoms with Gasteiger partial charge in [-0.15, -0.1) is 0 Å². The molecule has 1 N–H and O–H groups in total. The van der Waals surface area contributed by atoms with Crippen LogP contribution in [0, 0.1) is 11.6 Å². The predicted molar refractivity (Wildman–Crippen MR) is 75.2 cm³/mol. The lowest BCUT2D eigenvalue weighted by Gasteiger charge is -2.15. The summed E-state index contributed by atoms with van der Waals surface area (Å²) in [6.45, 7) is 0.272. The highest BCUT2D eigenvalue weighted by molar-refractivity contribution is 5.98. The summed E-state index contributed by atoms with van der Waals surface area (Å²) >= 11 is 0. The van der Waals surface area contributed by atoms with Crippen LogP contribution in [0.5, 0.6) is 0 Å². The van der Waals surface area contributed by atoms with Gasteiger partial charge in [0, 0.05) is 24.6 Å². The van der Waals surface area contributed by atoms with E-state index in [0.717, 1.165) is 24.6 Å². The van der Waals surface area contributed by atoms with Gasteiger partial charge < -0.3 is 5.32 Å². The molecule has 1 heterocycles. The average molecular weight is 288 g/mol. The molecule has 0 unspecified atom stereocenters. The molecule has 108 valence electrons. The molecule has 0 saturated heterocycles. The number of hydrogen-bond acceptors (Lipinski definition) is 3. The van der Waals surface area contributed by atoms with Gasteiger partial charge in [-0.3, -0.25) is 4.79 Å². The van der Waals surface area contributed by atoms with Crippen molar-refractivity contribution < 1.29 is 13.6 Å². The molecule has 1 aliphatic rings. The Kier molecular flexibility index (Phi) is 3.64. The molecule has 1 aromatic carbocycles. The molecule has 3 rings (SSSR count). The van der Waals surface area contributed by atoms with Gasteiger partial charge in [-0.2, -0.15) is 0 Å². The highest BCUT2D eigenvalue weighted by Gasteiger charge is 2.18. The topological polar surface area (TPSA) is 42.0 Å². The van der Waals surface area contributed by atoms with Crippen LogP contribution in [0.1, 0.15) is 34.5 Å². The Hall–Kier alpha value is -2.30. The third kappa shape index (κ3) is 3.07. The number of aromatic nitrogens is 1. The number of hydrogen-bond donors (Lipinski definition) is 1. The van der Waals surface area contributed by atoms with E-state index in [4.69, 9.17) is 0 Å².